The number of benzene rings is 2. The summed E-state index contributed by atoms with van der Waals surface area (Å²) in [5.41, 5.74) is 1.47. The highest BCUT2D eigenvalue weighted by molar-refractivity contribution is 6.03. The lowest BCUT2D eigenvalue weighted by Gasteiger charge is -2.08. The van der Waals surface area contributed by atoms with Crippen molar-refractivity contribution in [2.75, 3.05) is 5.32 Å². The number of aromatic nitrogens is 1. The Hall–Kier alpha value is -3.67. The molecule has 0 spiro atoms. The number of rotatable bonds is 7. The van der Waals surface area contributed by atoms with Gasteiger partial charge in [-0.1, -0.05) is 24.3 Å². The zero-order valence-electron chi connectivity index (χ0n) is 14.6. The molecule has 0 aliphatic heterocycles. The summed E-state index contributed by atoms with van der Waals surface area (Å²) in [5.74, 6) is 0.670. The smallest absolute Gasteiger partial charge is 0.233 e. The van der Waals surface area contributed by atoms with E-state index in [0.717, 1.165) is 11.3 Å². The maximum Gasteiger partial charge on any atom is 0.233 e. The summed E-state index contributed by atoms with van der Waals surface area (Å²) < 4.78 is 5.69. The number of nitrogens with zero attached hydrogens (tertiary/aromatic N) is 1. The molecule has 0 aliphatic carbocycles. The van der Waals surface area contributed by atoms with Crippen LogP contribution in [0.25, 0.3) is 0 Å². The lowest BCUT2D eigenvalue weighted by atomic mass is 10.2. The van der Waals surface area contributed by atoms with Gasteiger partial charge in [0.25, 0.3) is 0 Å². The molecule has 0 saturated carbocycles. The summed E-state index contributed by atoms with van der Waals surface area (Å²) >= 11 is 0. The van der Waals surface area contributed by atoms with Gasteiger partial charge in [-0.25, -0.2) is 0 Å². The van der Waals surface area contributed by atoms with Crippen LogP contribution in [0.3, 0.4) is 0 Å². The van der Waals surface area contributed by atoms with Crippen LogP contribution in [0.2, 0.25) is 0 Å². The van der Waals surface area contributed by atoms with E-state index in [4.69, 9.17) is 4.74 Å². The number of nitrogens with one attached hydrogen (secondary N) is 2. The molecule has 27 heavy (non-hydrogen) atoms. The van der Waals surface area contributed by atoms with Crippen molar-refractivity contribution in [2.45, 2.75) is 13.0 Å². The zero-order valence-corrected chi connectivity index (χ0v) is 14.6. The van der Waals surface area contributed by atoms with Crippen molar-refractivity contribution in [2.24, 2.45) is 0 Å². The Morgan fingerprint density at radius 3 is 2.30 bits per heavy atom. The fourth-order valence-electron chi connectivity index (χ4n) is 2.35. The van der Waals surface area contributed by atoms with Gasteiger partial charge in [0, 0.05) is 24.6 Å². The molecule has 6 nitrogen and oxygen atoms in total. The van der Waals surface area contributed by atoms with Crippen molar-refractivity contribution in [1.82, 2.24) is 10.3 Å². The summed E-state index contributed by atoms with van der Waals surface area (Å²) in [7, 11) is 0. The number of pyridine rings is 1. The summed E-state index contributed by atoms with van der Waals surface area (Å²) in [5, 5.41) is 5.39. The van der Waals surface area contributed by atoms with Crippen LogP contribution in [-0.4, -0.2) is 16.8 Å². The van der Waals surface area contributed by atoms with Crippen LogP contribution in [0.15, 0.2) is 79.1 Å². The van der Waals surface area contributed by atoms with E-state index in [1.807, 2.05) is 36.4 Å². The van der Waals surface area contributed by atoms with E-state index >= 15 is 0 Å². The first-order valence-electron chi connectivity index (χ1n) is 8.47. The Labute approximate surface area is 157 Å². The van der Waals surface area contributed by atoms with Crippen LogP contribution in [0.5, 0.6) is 11.5 Å². The summed E-state index contributed by atoms with van der Waals surface area (Å²) in [6.07, 6.45) is 3.08. The molecule has 6 heteroatoms. The molecule has 0 aliphatic rings. The average Bonchev–Trinajstić information content (AvgIpc) is 2.69. The quantitative estimate of drug-likeness (QED) is 0.631. The third kappa shape index (κ3) is 5.97. The van der Waals surface area contributed by atoms with Crippen molar-refractivity contribution < 1.29 is 14.3 Å². The van der Waals surface area contributed by atoms with Crippen LogP contribution >= 0.6 is 0 Å². The molecule has 0 unspecified atom stereocenters. The van der Waals surface area contributed by atoms with E-state index in [2.05, 4.69) is 15.6 Å². The molecule has 2 aromatic carbocycles. The second-order valence-electron chi connectivity index (χ2n) is 5.80. The SMILES string of the molecule is O=C(CC(=O)Nc1ccc(Oc2ccccc2)cc1)NCc1cccnc1. The van der Waals surface area contributed by atoms with Gasteiger partial charge in [-0.15, -0.1) is 0 Å². The molecule has 3 rings (SSSR count). The number of carbonyl (C=O) groups excluding carboxylic acids is 2. The fraction of sp³-hybridized carbons (Fsp3) is 0.0952. The maximum atomic E-state index is 12.0. The molecule has 1 aromatic heterocycles. The highest BCUT2D eigenvalue weighted by Crippen LogP contribution is 2.22. The van der Waals surface area contributed by atoms with Gasteiger partial charge in [-0.2, -0.15) is 0 Å². The largest absolute Gasteiger partial charge is 0.457 e. The lowest BCUT2D eigenvalue weighted by molar-refractivity contribution is -0.126. The normalized spacial score (nSPS) is 10.1. The number of hydrogen-bond acceptors (Lipinski definition) is 4. The summed E-state index contributed by atoms with van der Waals surface area (Å²) in [6.45, 7) is 0.339. The Morgan fingerprint density at radius 1 is 0.852 bits per heavy atom. The van der Waals surface area contributed by atoms with Gasteiger partial charge in [-0.05, 0) is 48.0 Å². The number of ether oxygens (including phenoxy) is 1. The molecular weight excluding hydrogens is 342 g/mol. The van der Waals surface area contributed by atoms with Gasteiger partial charge in [-0.3, -0.25) is 14.6 Å². The zero-order chi connectivity index (χ0) is 18.9. The molecule has 0 fully saturated rings. The van der Waals surface area contributed by atoms with E-state index in [-0.39, 0.29) is 18.2 Å². The number of hydrogen-bond donors (Lipinski definition) is 2. The number of amides is 2. The average molecular weight is 361 g/mol. The van der Waals surface area contributed by atoms with E-state index in [0.29, 0.717) is 18.0 Å². The lowest BCUT2D eigenvalue weighted by Crippen LogP contribution is -2.27. The number of anilines is 1. The molecular formula is C21H19N3O3. The van der Waals surface area contributed by atoms with Crippen molar-refractivity contribution in [3.05, 3.63) is 84.7 Å². The predicted octanol–water partition coefficient (Wildman–Crippen LogP) is 3.52. The van der Waals surface area contributed by atoms with Crippen LogP contribution in [0, 0.1) is 0 Å². The third-order valence-corrected chi connectivity index (χ3v) is 3.65. The second-order valence-corrected chi connectivity index (χ2v) is 5.80. The Kier molecular flexibility index (Phi) is 6.14. The first-order valence-corrected chi connectivity index (χ1v) is 8.47. The monoisotopic (exact) mass is 361 g/mol. The molecule has 0 bridgehead atoms. The van der Waals surface area contributed by atoms with E-state index in [9.17, 15) is 9.59 Å². The molecule has 0 radical (unpaired) electrons. The molecule has 136 valence electrons. The summed E-state index contributed by atoms with van der Waals surface area (Å²) in [6, 6.07) is 20.0. The first kappa shape index (κ1) is 18.1. The minimum absolute atomic E-state index is 0.247. The maximum absolute atomic E-state index is 12.0. The molecule has 0 atom stereocenters. The van der Waals surface area contributed by atoms with E-state index in [1.54, 1.807) is 42.7 Å². The van der Waals surface area contributed by atoms with Gasteiger partial charge >= 0.3 is 0 Å². The minimum Gasteiger partial charge on any atom is -0.457 e. The Morgan fingerprint density at radius 2 is 1.59 bits per heavy atom. The van der Waals surface area contributed by atoms with E-state index < -0.39 is 0 Å². The minimum atomic E-state index is -0.379. The van der Waals surface area contributed by atoms with Gasteiger partial charge < -0.3 is 15.4 Å². The van der Waals surface area contributed by atoms with Gasteiger partial charge in [0.15, 0.2) is 0 Å². The van der Waals surface area contributed by atoms with Crippen LogP contribution in [-0.2, 0) is 16.1 Å². The molecule has 1 heterocycles. The van der Waals surface area contributed by atoms with Crippen LogP contribution in [0.1, 0.15) is 12.0 Å². The first-order chi connectivity index (χ1) is 13.2. The summed E-state index contributed by atoms with van der Waals surface area (Å²) in [4.78, 5) is 27.8. The number of carbonyl (C=O) groups is 2. The van der Waals surface area contributed by atoms with E-state index in [1.165, 1.54) is 0 Å². The van der Waals surface area contributed by atoms with Crippen molar-refractivity contribution >= 4 is 17.5 Å². The molecule has 2 amide bonds. The van der Waals surface area contributed by atoms with Gasteiger partial charge in [0.1, 0.15) is 17.9 Å². The standard InChI is InChI=1S/C21H19N3O3/c25-20(23-15-16-5-4-12-22-14-16)13-21(26)24-17-8-10-19(11-9-17)27-18-6-2-1-3-7-18/h1-12,14H,13,15H2,(H,23,25)(H,24,26). The Bertz CT molecular complexity index is 882. The molecule has 0 saturated heterocycles. The fourth-order valence-corrected chi connectivity index (χ4v) is 2.35. The number of para-hydroxylation sites is 1. The topological polar surface area (TPSA) is 80.3 Å². The van der Waals surface area contributed by atoms with Crippen molar-refractivity contribution in [3.63, 3.8) is 0 Å². The van der Waals surface area contributed by atoms with Gasteiger partial charge in [0.05, 0.1) is 0 Å². The van der Waals surface area contributed by atoms with Crippen LogP contribution < -0.4 is 15.4 Å². The Balaban J connectivity index is 1.45. The highest BCUT2D eigenvalue weighted by atomic mass is 16.5. The molecule has 2 N–H and O–H groups in total. The predicted molar refractivity (Wildman–Crippen MR) is 102 cm³/mol. The van der Waals surface area contributed by atoms with Gasteiger partial charge in [0.2, 0.25) is 11.8 Å². The third-order valence-electron chi connectivity index (χ3n) is 3.65. The molecule has 3 aromatic rings. The second kappa shape index (κ2) is 9.15. The highest BCUT2D eigenvalue weighted by Gasteiger charge is 2.09. The van der Waals surface area contributed by atoms with Crippen LogP contribution in [0.4, 0.5) is 5.69 Å². The van der Waals surface area contributed by atoms with Crippen molar-refractivity contribution in [3.8, 4) is 11.5 Å². The van der Waals surface area contributed by atoms with Crippen molar-refractivity contribution in [1.29, 1.82) is 0 Å².